The second-order valence-electron chi connectivity index (χ2n) is 17.1. The molecule has 0 spiro atoms. The molecule has 0 aliphatic carbocycles. The molecule has 14 nitrogen and oxygen atoms in total. The van der Waals surface area contributed by atoms with Crippen molar-refractivity contribution in [3.8, 4) is 22.4 Å². The minimum absolute atomic E-state index is 0.0160. The Hall–Kier alpha value is -6.74. The van der Waals surface area contributed by atoms with Crippen LogP contribution in [-0.4, -0.2) is 86.0 Å². The van der Waals surface area contributed by atoms with Crippen molar-refractivity contribution in [3.05, 3.63) is 118 Å². The SMILES string of the molecule is Cc1cc(-c2n[nH]c3ccc(-c4ccc(N5CCN(Cc6ccc7c(c6F)CN(C6CCC(=O)NC6=O)C7=O)CC5)cc4)cc23)ccc1CNC(=O)c1nc(C(C)(C)C)no1. The van der Waals surface area contributed by atoms with Crippen LogP contribution < -0.4 is 15.5 Å². The third-order valence-electron chi connectivity index (χ3n) is 12.0. The molecule has 4 aromatic carbocycles. The number of hydrogen-bond acceptors (Lipinski definition) is 10. The minimum atomic E-state index is -0.779. The van der Waals surface area contributed by atoms with Gasteiger partial charge in [0, 0.05) is 84.4 Å². The molecule has 0 bridgehead atoms. The summed E-state index contributed by atoms with van der Waals surface area (Å²) in [4.78, 5) is 60.1. The number of imide groups is 1. The van der Waals surface area contributed by atoms with Crippen LogP contribution in [-0.2, 0) is 34.6 Å². The van der Waals surface area contributed by atoms with Crippen LogP contribution >= 0.6 is 0 Å². The molecule has 1 unspecified atom stereocenters. The normalized spacial score (nSPS) is 17.3. The third-order valence-corrected chi connectivity index (χ3v) is 12.0. The van der Waals surface area contributed by atoms with Crippen LogP contribution in [0.25, 0.3) is 33.3 Å². The van der Waals surface area contributed by atoms with E-state index in [0.29, 0.717) is 30.0 Å². The van der Waals surface area contributed by atoms with Gasteiger partial charge in [-0.3, -0.25) is 34.5 Å². The van der Waals surface area contributed by atoms with Gasteiger partial charge in [0.15, 0.2) is 5.82 Å². The van der Waals surface area contributed by atoms with Gasteiger partial charge in [0.2, 0.25) is 11.8 Å². The van der Waals surface area contributed by atoms with E-state index < -0.39 is 23.7 Å². The number of halogens is 1. The molecule has 2 aromatic heterocycles. The van der Waals surface area contributed by atoms with E-state index in [0.717, 1.165) is 76.3 Å². The van der Waals surface area contributed by atoms with Crippen molar-refractivity contribution in [2.45, 2.75) is 71.6 Å². The van der Waals surface area contributed by atoms with Crippen LogP contribution in [0.5, 0.6) is 0 Å². The zero-order valence-electron chi connectivity index (χ0n) is 34.5. The Labute approximate surface area is 351 Å². The van der Waals surface area contributed by atoms with Gasteiger partial charge in [-0.2, -0.15) is 10.1 Å². The fourth-order valence-corrected chi connectivity index (χ4v) is 8.37. The fraction of sp³-hybridized carbons (Fsp3) is 0.326. The first-order chi connectivity index (χ1) is 29.3. The number of hydrogen-bond donors (Lipinski definition) is 3. The van der Waals surface area contributed by atoms with E-state index in [2.05, 4.69) is 83.2 Å². The number of rotatable bonds is 9. The molecule has 0 radical (unpaired) electrons. The smallest absolute Gasteiger partial charge is 0.315 e. The Morgan fingerprint density at radius 2 is 1.66 bits per heavy atom. The molecule has 61 heavy (non-hydrogen) atoms. The molecular weight excluding hydrogens is 778 g/mol. The minimum Gasteiger partial charge on any atom is -0.369 e. The topological polar surface area (TPSA) is 170 Å². The lowest BCUT2D eigenvalue weighted by atomic mass is 9.96. The van der Waals surface area contributed by atoms with E-state index in [1.165, 1.54) is 4.90 Å². The van der Waals surface area contributed by atoms with E-state index in [1.807, 2.05) is 45.9 Å². The van der Waals surface area contributed by atoms with Crippen molar-refractivity contribution in [1.82, 2.24) is 40.8 Å². The number of aromatic amines is 1. The summed E-state index contributed by atoms with van der Waals surface area (Å²) in [5.74, 6) is -1.64. The Morgan fingerprint density at radius 1 is 0.918 bits per heavy atom. The number of fused-ring (bicyclic) bond motifs is 2. The molecule has 9 rings (SSSR count). The lowest BCUT2D eigenvalue weighted by Gasteiger charge is -2.36. The van der Waals surface area contributed by atoms with Crippen LogP contribution in [0.1, 0.15) is 82.7 Å². The van der Waals surface area contributed by atoms with Crippen LogP contribution in [0.2, 0.25) is 0 Å². The number of carbonyl (C=O) groups is 4. The monoisotopic (exact) mass is 823 g/mol. The maximum Gasteiger partial charge on any atom is 0.315 e. The van der Waals surface area contributed by atoms with E-state index >= 15 is 4.39 Å². The number of nitrogens with zero attached hydrogens (tertiary/aromatic N) is 6. The molecule has 4 amide bonds. The zero-order valence-corrected chi connectivity index (χ0v) is 34.5. The number of H-pyrrole nitrogens is 1. The molecule has 15 heteroatoms. The maximum atomic E-state index is 15.9. The highest BCUT2D eigenvalue weighted by atomic mass is 19.1. The number of aryl methyl sites for hydroxylation is 1. The number of benzene rings is 4. The lowest BCUT2D eigenvalue weighted by molar-refractivity contribution is -0.136. The van der Waals surface area contributed by atoms with Gasteiger partial charge in [0.1, 0.15) is 11.9 Å². The predicted octanol–water partition coefficient (Wildman–Crippen LogP) is 6.04. The highest BCUT2D eigenvalue weighted by Crippen LogP contribution is 2.34. The first-order valence-corrected chi connectivity index (χ1v) is 20.5. The van der Waals surface area contributed by atoms with Crippen molar-refractivity contribution >= 4 is 40.2 Å². The van der Waals surface area contributed by atoms with Gasteiger partial charge in [0.25, 0.3) is 5.91 Å². The fourth-order valence-electron chi connectivity index (χ4n) is 8.37. The summed E-state index contributed by atoms with van der Waals surface area (Å²) < 4.78 is 21.0. The van der Waals surface area contributed by atoms with Crippen LogP contribution in [0.3, 0.4) is 0 Å². The largest absolute Gasteiger partial charge is 0.369 e. The first-order valence-electron chi connectivity index (χ1n) is 20.5. The summed E-state index contributed by atoms with van der Waals surface area (Å²) in [7, 11) is 0. The summed E-state index contributed by atoms with van der Waals surface area (Å²) in [5.41, 5.74) is 8.76. The molecule has 5 heterocycles. The third kappa shape index (κ3) is 7.76. The van der Waals surface area contributed by atoms with Crippen molar-refractivity contribution in [3.63, 3.8) is 0 Å². The van der Waals surface area contributed by atoms with Crippen LogP contribution in [0, 0.1) is 12.7 Å². The summed E-state index contributed by atoms with van der Waals surface area (Å²) >= 11 is 0. The van der Waals surface area contributed by atoms with E-state index in [4.69, 9.17) is 4.52 Å². The summed E-state index contributed by atoms with van der Waals surface area (Å²) in [6.45, 7) is 11.7. The van der Waals surface area contributed by atoms with Crippen LogP contribution in [0.4, 0.5) is 10.1 Å². The van der Waals surface area contributed by atoms with E-state index in [-0.39, 0.29) is 48.1 Å². The standard InChI is InChI=1S/C46H46FN9O5/c1-26-21-29(5-6-30(26)23-48-42(59)43-50-45(53-61-43)46(2,3)4)40-34-22-28(10-14-36(34)51-52-40)27-7-11-32(12-8-27)55-19-17-54(18-20-55)24-31-9-13-33-35(39(31)47)25-56(44(33)60)37-15-16-38(57)49-41(37)58/h5-14,21-22,37H,15-20,23-25H2,1-4H3,(H,48,59)(H,51,52)(H,49,57,58). The van der Waals surface area contributed by atoms with Gasteiger partial charge < -0.3 is 19.6 Å². The van der Waals surface area contributed by atoms with Crippen molar-refractivity contribution in [2.24, 2.45) is 0 Å². The number of aromatic nitrogens is 4. The Balaban J connectivity index is 0.815. The number of anilines is 1. The molecular formula is C46H46FN9O5. The van der Waals surface area contributed by atoms with Crippen molar-refractivity contribution < 1.29 is 28.1 Å². The number of piperazine rings is 1. The average molecular weight is 824 g/mol. The summed E-state index contributed by atoms with van der Waals surface area (Å²) in [6.07, 6.45) is 0.387. The van der Waals surface area contributed by atoms with Crippen LogP contribution in [0.15, 0.2) is 77.3 Å². The highest BCUT2D eigenvalue weighted by Gasteiger charge is 2.40. The van der Waals surface area contributed by atoms with Crippen molar-refractivity contribution in [2.75, 3.05) is 31.1 Å². The van der Waals surface area contributed by atoms with E-state index in [9.17, 15) is 19.2 Å². The number of carbonyl (C=O) groups excluding carboxylic acids is 4. The number of amides is 4. The molecule has 3 N–H and O–H groups in total. The molecule has 312 valence electrons. The molecule has 2 saturated heterocycles. The van der Waals surface area contributed by atoms with E-state index in [1.54, 1.807) is 12.1 Å². The molecule has 3 aliphatic rings. The predicted molar refractivity (Wildman–Crippen MR) is 226 cm³/mol. The van der Waals surface area contributed by atoms with Crippen molar-refractivity contribution in [1.29, 1.82) is 0 Å². The maximum absolute atomic E-state index is 15.9. The molecule has 2 fully saturated rings. The zero-order chi connectivity index (χ0) is 42.6. The van der Waals surface area contributed by atoms with Gasteiger partial charge in [0.05, 0.1) is 17.8 Å². The quantitative estimate of drug-likeness (QED) is 0.146. The van der Waals surface area contributed by atoms with Gasteiger partial charge in [-0.25, -0.2) is 4.39 Å². The van der Waals surface area contributed by atoms with Gasteiger partial charge in [-0.15, -0.1) is 0 Å². The summed E-state index contributed by atoms with van der Waals surface area (Å²) in [6, 6.07) is 23.5. The second-order valence-corrected chi connectivity index (χ2v) is 17.1. The molecule has 1 atom stereocenters. The Kier molecular flexibility index (Phi) is 10.2. The van der Waals surface area contributed by atoms with Gasteiger partial charge in [-0.05, 0) is 72.0 Å². The average Bonchev–Trinajstić information content (AvgIpc) is 4.00. The highest BCUT2D eigenvalue weighted by molar-refractivity contribution is 6.05. The molecule has 6 aromatic rings. The Morgan fingerprint density at radius 3 is 2.38 bits per heavy atom. The Bertz CT molecular complexity index is 2710. The number of nitrogens with one attached hydrogen (secondary N) is 3. The van der Waals surface area contributed by atoms with Gasteiger partial charge in [-0.1, -0.05) is 62.3 Å². The number of piperidine rings is 1. The first kappa shape index (κ1) is 39.7. The molecule has 0 saturated carbocycles. The summed E-state index contributed by atoms with van der Waals surface area (Å²) in [5, 5.41) is 18.0. The second kappa shape index (κ2) is 15.7. The van der Waals surface area contributed by atoms with Gasteiger partial charge >= 0.3 is 11.8 Å². The lowest BCUT2D eigenvalue weighted by Crippen LogP contribution is -2.52. The molecule has 3 aliphatic heterocycles.